The molecule has 0 aliphatic carbocycles. The van der Waals surface area contributed by atoms with E-state index in [1.807, 2.05) is 6.07 Å². The molecule has 0 atom stereocenters. The van der Waals surface area contributed by atoms with Gasteiger partial charge in [0.1, 0.15) is 5.82 Å². The Kier molecular flexibility index (Phi) is 3.57. The minimum absolute atomic E-state index is 0.524. The second kappa shape index (κ2) is 5.39. The molecule has 0 unspecified atom stereocenters. The fourth-order valence-corrected chi connectivity index (χ4v) is 3.28. The van der Waals surface area contributed by atoms with Crippen LogP contribution in [0.15, 0.2) is 18.2 Å². The third-order valence-corrected chi connectivity index (χ3v) is 4.54. The Balaban J connectivity index is 1.76. The van der Waals surface area contributed by atoms with Crippen molar-refractivity contribution in [3.63, 3.8) is 0 Å². The summed E-state index contributed by atoms with van der Waals surface area (Å²) in [6.07, 6.45) is 1.98. The molecule has 112 valence electrons. The maximum Gasteiger partial charge on any atom is 0.407 e. The smallest absolute Gasteiger partial charge is 0.407 e. The molecule has 1 N–H and O–H groups in total. The van der Waals surface area contributed by atoms with E-state index in [0.29, 0.717) is 19.0 Å². The summed E-state index contributed by atoms with van der Waals surface area (Å²) in [6, 6.07) is 6.21. The maximum atomic E-state index is 10.9. The number of imidazole rings is 1. The quantitative estimate of drug-likeness (QED) is 0.924. The largest absolute Gasteiger partial charge is 0.465 e. The highest BCUT2D eigenvalue weighted by Gasteiger charge is 2.24. The summed E-state index contributed by atoms with van der Waals surface area (Å²) < 4.78 is 2.19. The van der Waals surface area contributed by atoms with Crippen molar-refractivity contribution in [1.29, 1.82) is 0 Å². The van der Waals surface area contributed by atoms with Gasteiger partial charge in [-0.25, -0.2) is 9.78 Å². The van der Waals surface area contributed by atoms with Crippen LogP contribution in [0.5, 0.6) is 0 Å². The summed E-state index contributed by atoms with van der Waals surface area (Å²) in [5, 5.41) is 8.99. The lowest BCUT2D eigenvalue weighted by molar-refractivity contribution is 0.124. The number of piperidine rings is 1. The molecular formula is C16H21N3O2. The van der Waals surface area contributed by atoms with Crippen molar-refractivity contribution in [2.45, 2.75) is 26.2 Å². The van der Waals surface area contributed by atoms with Gasteiger partial charge >= 0.3 is 6.09 Å². The number of amides is 1. The molecule has 1 saturated heterocycles. The van der Waals surface area contributed by atoms with E-state index in [2.05, 4.69) is 30.7 Å². The topological polar surface area (TPSA) is 58.4 Å². The third-order valence-electron chi connectivity index (χ3n) is 4.54. The molecular weight excluding hydrogens is 266 g/mol. The van der Waals surface area contributed by atoms with Gasteiger partial charge in [0.2, 0.25) is 0 Å². The molecule has 1 aromatic heterocycles. The number of carboxylic acid groups (broad SMARTS) is 1. The van der Waals surface area contributed by atoms with Gasteiger partial charge in [0.25, 0.3) is 0 Å². The summed E-state index contributed by atoms with van der Waals surface area (Å²) in [5.41, 5.74) is 3.50. The van der Waals surface area contributed by atoms with Gasteiger partial charge in [0.05, 0.1) is 11.0 Å². The van der Waals surface area contributed by atoms with Gasteiger partial charge in [-0.3, -0.25) is 0 Å². The van der Waals surface area contributed by atoms with Gasteiger partial charge in [0, 0.05) is 26.6 Å². The van der Waals surface area contributed by atoms with Crippen LogP contribution in [0.2, 0.25) is 0 Å². The molecule has 0 spiro atoms. The van der Waals surface area contributed by atoms with Gasteiger partial charge in [-0.05, 0) is 37.3 Å². The van der Waals surface area contributed by atoms with Crippen LogP contribution in [0, 0.1) is 12.8 Å². The molecule has 1 aliphatic rings. The summed E-state index contributed by atoms with van der Waals surface area (Å²) in [7, 11) is 2.07. The number of fused-ring (bicyclic) bond motifs is 1. The Morgan fingerprint density at radius 2 is 2.10 bits per heavy atom. The first-order valence-electron chi connectivity index (χ1n) is 7.45. The van der Waals surface area contributed by atoms with Gasteiger partial charge < -0.3 is 14.6 Å². The highest BCUT2D eigenvalue weighted by molar-refractivity contribution is 5.79. The van der Waals surface area contributed by atoms with Crippen LogP contribution >= 0.6 is 0 Å². The van der Waals surface area contributed by atoms with Crippen molar-refractivity contribution in [3.05, 3.63) is 29.6 Å². The second-order valence-corrected chi connectivity index (χ2v) is 5.95. The Hall–Kier alpha value is -2.04. The zero-order valence-corrected chi connectivity index (χ0v) is 12.5. The Bertz CT molecular complexity index is 669. The summed E-state index contributed by atoms with van der Waals surface area (Å²) >= 11 is 0. The number of carbonyl (C=O) groups is 1. The number of likely N-dealkylation sites (tertiary alicyclic amines) is 1. The predicted octanol–water partition coefficient (Wildman–Crippen LogP) is 2.81. The minimum Gasteiger partial charge on any atom is -0.465 e. The highest BCUT2D eigenvalue weighted by Crippen LogP contribution is 2.24. The van der Waals surface area contributed by atoms with E-state index in [4.69, 9.17) is 10.1 Å². The van der Waals surface area contributed by atoms with Crippen LogP contribution in [0.1, 0.15) is 24.2 Å². The number of aryl methyl sites for hydroxylation is 2. The van der Waals surface area contributed by atoms with E-state index >= 15 is 0 Å². The molecule has 21 heavy (non-hydrogen) atoms. The third kappa shape index (κ3) is 2.60. The van der Waals surface area contributed by atoms with E-state index < -0.39 is 6.09 Å². The van der Waals surface area contributed by atoms with Gasteiger partial charge in [-0.1, -0.05) is 12.1 Å². The van der Waals surface area contributed by atoms with Crippen LogP contribution in [0.4, 0.5) is 4.79 Å². The van der Waals surface area contributed by atoms with Gasteiger partial charge in [0.15, 0.2) is 0 Å². The number of para-hydroxylation sites is 1. The first kappa shape index (κ1) is 13.9. The lowest BCUT2D eigenvalue weighted by Crippen LogP contribution is -2.38. The second-order valence-electron chi connectivity index (χ2n) is 5.95. The van der Waals surface area contributed by atoms with Crippen LogP contribution in [0.25, 0.3) is 11.0 Å². The van der Waals surface area contributed by atoms with Crippen molar-refractivity contribution in [2.75, 3.05) is 13.1 Å². The molecule has 1 fully saturated rings. The number of benzene rings is 1. The maximum absolute atomic E-state index is 10.9. The predicted molar refractivity (Wildman–Crippen MR) is 81.5 cm³/mol. The van der Waals surface area contributed by atoms with Gasteiger partial charge in [-0.15, -0.1) is 0 Å². The molecule has 1 amide bonds. The highest BCUT2D eigenvalue weighted by atomic mass is 16.4. The normalized spacial score (nSPS) is 16.6. The standard InChI is InChI=1S/C16H21N3O2/c1-11-4-3-5-13-15(11)18(2)14(17-13)10-12-6-8-19(9-7-12)16(20)21/h3-5,12H,6-10H2,1-2H3,(H,20,21). The van der Waals surface area contributed by atoms with Crippen molar-refractivity contribution in [3.8, 4) is 0 Å². The first-order valence-corrected chi connectivity index (χ1v) is 7.45. The molecule has 0 radical (unpaired) electrons. The number of aromatic nitrogens is 2. The van der Waals surface area contributed by atoms with Crippen molar-refractivity contribution in [1.82, 2.24) is 14.5 Å². The van der Waals surface area contributed by atoms with E-state index in [0.717, 1.165) is 30.6 Å². The van der Waals surface area contributed by atoms with Crippen molar-refractivity contribution < 1.29 is 9.90 Å². The van der Waals surface area contributed by atoms with Crippen LogP contribution in [0.3, 0.4) is 0 Å². The lowest BCUT2D eigenvalue weighted by atomic mass is 9.93. The summed E-state index contributed by atoms with van der Waals surface area (Å²) in [6.45, 7) is 3.39. The SMILES string of the molecule is Cc1cccc2nc(CC3CCN(C(=O)O)CC3)n(C)c12. The van der Waals surface area contributed by atoms with E-state index in [1.54, 1.807) is 0 Å². The summed E-state index contributed by atoms with van der Waals surface area (Å²) in [4.78, 5) is 17.2. The molecule has 0 bridgehead atoms. The Morgan fingerprint density at radius 1 is 1.38 bits per heavy atom. The number of hydrogen-bond donors (Lipinski definition) is 1. The van der Waals surface area contributed by atoms with Crippen LogP contribution < -0.4 is 0 Å². The molecule has 1 aliphatic heterocycles. The zero-order valence-electron chi connectivity index (χ0n) is 12.5. The fraction of sp³-hybridized carbons (Fsp3) is 0.500. The fourth-order valence-electron chi connectivity index (χ4n) is 3.28. The molecule has 3 rings (SSSR count). The number of nitrogens with zero attached hydrogens (tertiary/aromatic N) is 3. The average Bonchev–Trinajstić information content (AvgIpc) is 2.77. The number of hydrogen-bond acceptors (Lipinski definition) is 2. The summed E-state index contributed by atoms with van der Waals surface area (Å²) in [5.74, 6) is 1.63. The zero-order chi connectivity index (χ0) is 15.0. The Labute approximate surface area is 124 Å². The molecule has 5 nitrogen and oxygen atoms in total. The molecule has 1 aromatic carbocycles. The van der Waals surface area contributed by atoms with Crippen molar-refractivity contribution in [2.24, 2.45) is 13.0 Å². The molecule has 2 heterocycles. The van der Waals surface area contributed by atoms with E-state index in [1.165, 1.54) is 16.0 Å². The Morgan fingerprint density at radius 3 is 2.71 bits per heavy atom. The first-order chi connectivity index (χ1) is 10.1. The molecule has 2 aromatic rings. The van der Waals surface area contributed by atoms with Gasteiger partial charge in [-0.2, -0.15) is 0 Å². The van der Waals surface area contributed by atoms with E-state index in [-0.39, 0.29) is 0 Å². The molecule has 5 heteroatoms. The minimum atomic E-state index is -0.799. The molecule has 0 saturated carbocycles. The van der Waals surface area contributed by atoms with Crippen LogP contribution in [-0.4, -0.2) is 38.7 Å². The number of rotatable bonds is 2. The van der Waals surface area contributed by atoms with Crippen LogP contribution in [-0.2, 0) is 13.5 Å². The lowest BCUT2D eigenvalue weighted by Gasteiger charge is -2.29. The van der Waals surface area contributed by atoms with Crippen molar-refractivity contribution >= 4 is 17.1 Å². The monoisotopic (exact) mass is 287 g/mol. The van der Waals surface area contributed by atoms with E-state index in [9.17, 15) is 4.79 Å². The average molecular weight is 287 g/mol.